The molecule has 0 bridgehead atoms. The Balaban J connectivity index is 1.78. The number of rotatable bonds is 7. The van der Waals surface area contributed by atoms with Gasteiger partial charge in [0, 0.05) is 26.7 Å². The van der Waals surface area contributed by atoms with Gasteiger partial charge in [-0.2, -0.15) is 4.31 Å². The zero-order valence-electron chi connectivity index (χ0n) is 18.1. The molecule has 0 unspecified atom stereocenters. The molecule has 0 fully saturated rings. The van der Waals surface area contributed by atoms with Crippen LogP contribution in [0.4, 0.5) is 5.69 Å². The van der Waals surface area contributed by atoms with Crippen LogP contribution in [0.1, 0.15) is 24.5 Å². The van der Waals surface area contributed by atoms with Crippen LogP contribution < -0.4 is 10.1 Å². The number of carbonyl (C=O) groups is 2. The number of ether oxygens (including phenoxy) is 1. The van der Waals surface area contributed by atoms with Crippen molar-refractivity contribution in [3.63, 3.8) is 0 Å². The van der Waals surface area contributed by atoms with E-state index in [2.05, 4.69) is 5.32 Å². The highest BCUT2D eigenvalue weighted by atomic mass is 32.2. The molecule has 1 N–H and O–H groups in total. The fourth-order valence-corrected chi connectivity index (χ4v) is 4.68. The number of likely N-dealkylation sites (N-methyl/N-ethyl adjacent to an activating group) is 2. The van der Waals surface area contributed by atoms with Crippen molar-refractivity contribution in [1.29, 1.82) is 0 Å². The van der Waals surface area contributed by atoms with Gasteiger partial charge in [-0.05, 0) is 30.5 Å². The normalized spacial score (nSPS) is 15.8. The van der Waals surface area contributed by atoms with E-state index >= 15 is 0 Å². The van der Waals surface area contributed by atoms with Gasteiger partial charge in [0.15, 0.2) is 6.10 Å². The summed E-state index contributed by atoms with van der Waals surface area (Å²) >= 11 is 0. The summed E-state index contributed by atoms with van der Waals surface area (Å²) < 4.78 is 33.1. The Morgan fingerprint density at radius 1 is 1.16 bits per heavy atom. The van der Waals surface area contributed by atoms with Crippen LogP contribution in [-0.2, 0) is 26.2 Å². The van der Waals surface area contributed by atoms with Crippen molar-refractivity contribution in [3.8, 4) is 5.75 Å². The average molecular weight is 446 g/mol. The Morgan fingerprint density at radius 2 is 1.84 bits per heavy atom. The molecule has 1 atom stereocenters. The summed E-state index contributed by atoms with van der Waals surface area (Å²) in [6, 6.07) is 12.5. The number of amides is 2. The molecular weight excluding hydrogens is 418 g/mol. The summed E-state index contributed by atoms with van der Waals surface area (Å²) in [6.07, 6.45) is -0.208. The topological polar surface area (TPSA) is 96.0 Å². The third-order valence-corrected chi connectivity index (χ3v) is 7.15. The average Bonchev–Trinajstić information content (AvgIpc) is 2.73. The number of hydrogen-bond acceptors (Lipinski definition) is 5. The first-order valence-electron chi connectivity index (χ1n) is 10.00. The minimum Gasteiger partial charge on any atom is -0.478 e. The number of benzene rings is 2. The molecule has 8 nitrogen and oxygen atoms in total. The van der Waals surface area contributed by atoms with Crippen molar-refractivity contribution in [2.24, 2.45) is 0 Å². The maximum atomic E-state index is 13.2. The first-order valence-corrected chi connectivity index (χ1v) is 11.4. The number of nitrogens with zero attached hydrogens (tertiary/aromatic N) is 2. The molecule has 2 aromatic carbocycles. The molecule has 31 heavy (non-hydrogen) atoms. The fraction of sp³-hybridized carbons (Fsp3) is 0.364. The molecule has 2 amide bonds. The number of sulfonamides is 1. The lowest BCUT2D eigenvalue weighted by molar-refractivity contribution is -0.130. The maximum Gasteiger partial charge on any atom is 0.265 e. The first kappa shape index (κ1) is 22.8. The lowest BCUT2D eigenvalue weighted by atomic mass is 10.1. The summed E-state index contributed by atoms with van der Waals surface area (Å²) in [7, 11) is -0.934. The van der Waals surface area contributed by atoms with E-state index in [1.54, 1.807) is 20.0 Å². The molecule has 1 heterocycles. The molecule has 9 heteroatoms. The van der Waals surface area contributed by atoms with Gasteiger partial charge in [-0.15, -0.1) is 0 Å². The maximum absolute atomic E-state index is 13.2. The van der Waals surface area contributed by atoms with E-state index in [1.165, 1.54) is 18.0 Å². The van der Waals surface area contributed by atoms with Gasteiger partial charge < -0.3 is 15.0 Å². The second-order valence-electron chi connectivity index (χ2n) is 7.61. The molecule has 3 rings (SSSR count). The SMILES string of the molecule is CC[C@@H]1Oc2cc(S(=O)(=O)N(C)CC(=O)N(C)Cc3ccccc3)c(C)cc2NC1=O. The minimum atomic E-state index is -3.95. The lowest BCUT2D eigenvalue weighted by Crippen LogP contribution is -2.39. The first-order chi connectivity index (χ1) is 14.6. The van der Waals surface area contributed by atoms with Gasteiger partial charge in [0.1, 0.15) is 5.75 Å². The third kappa shape index (κ3) is 4.88. The van der Waals surface area contributed by atoms with E-state index in [0.29, 0.717) is 30.0 Å². The molecular formula is C22H27N3O5S. The zero-order chi connectivity index (χ0) is 22.8. The second-order valence-corrected chi connectivity index (χ2v) is 9.63. The van der Waals surface area contributed by atoms with Crippen LogP contribution >= 0.6 is 0 Å². The summed E-state index contributed by atoms with van der Waals surface area (Å²) in [5.41, 5.74) is 1.85. The van der Waals surface area contributed by atoms with Crippen molar-refractivity contribution in [2.45, 2.75) is 37.8 Å². The quantitative estimate of drug-likeness (QED) is 0.706. The van der Waals surface area contributed by atoms with E-state index in [0.717, 1.165) is 9.87 Å². The second kappa shape index (κ2) is 9.07. The van der Waals surface area contributed by atoms with Crippen LogP contribution in [0, 0.1) is 6.92 Å². The van der Waals surface area contributed by atoms with Crippen LogP contribution in [0.5, 0.6) is 5.75 Å². The molecule has 0 aliphatic carbocycles. The number of nitrogens with one attached hydrogen (secondary N) is 1. The van der Waals surface area contributed by atoms with Crippen molar-refractivity contribution in [1.82, 2.24) is 9.21 Å². The molecule has 166 valence electrons. The summed E-state index contributed by atoms with van der Waals surface area (Å²) in [6.45, 7) is 3.55. The Bertz CT molecular complexity index is 1090. The minimum absolute atomic E-state index is 0.0401. The predicted octanol–water partition coefficient (Wildman–Crippen LogP) is 2.38. The van der Waals surface area contributed by atoms with E-state index < -0.39 is 16.1 Å². The van der Waals surface area contributed by atoms with Crippen LogP contribution in [0.2, 0.25) is 0 Å². The van der Waals surface area contributed by atoms with Crippen LogP contribution in [-0.4, -0.2) is 56.2 Å². The highest BCUT2D eigenvalue weighted by Crippen LogP contribution is 2.35. The standard InChI is InChI=1S/C22H27N3O5S/c1-5-18-22(27)23-17-11-15(2)20(12-19(17)30-18)31(28,29)25(4)14-21(26)24(3)13-16-9-7-6-8-10-16/h6-12,18H,5,13-14H2,1-4H3,(H,23,27)/t18-/m0/s1. The molecule has 0 saturated heterocycles. The molecule has 0 aromatic heterocycles. The van der Waals surface area contributed by atoms with Gasteiger partial charge in [0.2, 0.25) is 15.9 Å². The van der Waals surface area contributed by atoms with Gasteiger partial charge in [-0.3, -0.25) is 9.59 Å². The number of carbonyl (C=O) groups excluding carboxylic acids is 2. The third-order valence-electron chi connectivity index (χ3n) is 5.20. The summed E-state index contributed by atoms with van der Waals surface area (Å²) in [5, 5.41) is 2.75. The largest absolute Gasteiger partial charge is 0.478 e. The van der Waals surface area contributed by atoms with E-state index in [9.17, 15) is 18.0 Å². The summed E-state index contributed by atoms with van der Waals surface area (Å²) in [5.74, 6) is -0.272. The molecule has 2 aromatic rings. The number of fused-ring (bicyclic) bond motifs is 1. The van der Waals surface area contributed by atoms with Crippen molar-refractivity contribution < 1.29 is 22.7 Å². The van der Waals surface area contributed by atoms with Crippen molar-refractivity contribution in [3.05, 3.63) is 53.6 Å². The zero-order valence-corrected chi connectivity index (χ0v) is 18.9. The van der Waals surface area contributed by atoms with Crippen LogP contribution in [0.3, 0.4) is 0 Å². The summed E-state index contributed by atoms with van der Waals surface area (Å²) in [4.78, 5) is 26.2. The Morgan fingerprint density at radius 3 is 2.48 bits per heavy atom. The van der Waals surface area contributed by atoms with Crippen molar-refractivity contribution >= 4 is 27.5 Å². The Kier molecular flexibility index (Phi) is 6.66. The monoisotopic (exact) mass is 445 g/mol. The van der Waals surface area contributed by atoms with Crippen LogP contribution in [0.25, 0.3) is 0 Å². The number of aryl methyl sites for hydroxylation is 1. The lowest BCUT2D eigenvalue weighted by Gasteiger charge is -2.27. The molecule has 0 saturated carbocycles. The number of hydrogen-bond donors (Lipinski definition) is 1. The molecule has 1 aliphatic heterocycles. The van der Waals surface area contributed by atoms with E-state index in [1.807, 2.05) is 37.3 Å². The number of anilines is 1. The van der Waals surface area contributed by atoms with Gasteiger partial charge in [-0.25, -0.2) is 8.42 Å². The molecule has 0 radical (unpaired) electrons. The van der Waals surface area contributed by atoms with Crippen molar-refractivity contribution in [2.75, 3.05) is 26.0 Å². The van der Waals surface area contributed by atoms with Gasteiger partial charge >= 0.3 is 0 Å². The smallest absolute Gasteiger partial charge is 0.265 e. The van der Waals surface area contributed by atoms with Gasteiger partial charge in [-0.1, -0.05) is 37.3 Å². The van der Waals surface area contributed by atoms with E-state index in [4.69, 9.17) is 4.74 Å². The Hall–Kier alpha value is -2.91. The Labute approximate surface area is 182 Å². The van der Waals surface area contributed by atoms with Gasteiger partial charge in [0.25, 0.3) is 5.91 Å². The molecule has 0 spiro atoms. The highest BCUT2D eigenvalue weighted by molar-refractivity contribution is 7.89. The predicted molar refractivity (Wildman–Crippen MR) is 117 cm³/mol. The fourth-order valence-electron chi connectivity index (χ4n) is 3.34. The highest BCUT2D eigenvalue weighted by Gasteiger charge is 2.31. The van der Waals surface area contributed by atoms with Crippen LogP contribution in [0.15, 0.2) is 47.4 Å². The molecule has 1 aliphatic rings. The van der Waals surface area contributed by atoms with Gasteiger partial charge in [0.05, 0.1) is 17.1 Å². The van der Waals surface area contributed by atoms with E-state index in [-0.39, 0.29) is 23.3 Å².